The van der Waals surface area contributed by atoms with Crippen molar-refractivity contribution in [1.82, 2.24) is 5.32 Å². The van der Waals surface area contributed by atoms with Crippen LogP contribution in [-0.2, 0) is 9.53 Å². The van der Waals surface area contributed by atoms with E-state index in [1.807, 2.05) is 0 Å². The molecular weight excluding hydrogens is 174 g/mol. The fraction of sp³-hybridized carbons (Fsp3) is 0.625. The first kappa shape index (κ1) is 10.2. The second-order valence-electron chi connectivity index (χ2n) is 2.84. The van der Waals surface area contributed by atoms with Crippen molar-refractivity contribution in [1.29, 1.82) is 0 Å². The Morgan fingerprint density at radius 1 is 1.77 bits per heavy atom. The first-order valence-electron chi connectivity index (χ1n) is 4.07. The molecule has 0 radical (unpaired) electrons. The van der Waals surface area contributed by atoms with Gasteiger partial charge >= 0.3 is 0 Å². The number of rotatable bonds is 3. The van der Waals surface area contributed by atoms with Gasteiger partial charge in [-0.25, -0.2) is 0 Å². The van der Waals surface area contributed by atoms with Crippen LogP contribution in [0, 0.1) is 0 Å². The minimum absolute atomic E-state index is 0.0127. The predicted molar refractivity (Wildman–Crippen MR) is 44.5 cm³/mol. The standard InChI is InChI=1S/C8H13NO4/c1-5(11)9-7-4-6(2-3-10)13-8(7)12/h4,6,8,10,12H,2-3H2,1H3,(H,9,11). The number of carbonyl (C=O) groups excluding carboxylic acids is 1. The molecule has 0 aromatic rings. The lowest BCUT2D eigenvalue weighted by Gasteiger charge is -2.09. The van der Waals surface area contributed by atoms with Gasteiger partial charge in [-0.15, -0.1) is 0 Å². The highest BCUT2D eigenvalue weighted by Gasteiger charge is 2.25. The van der Waals surface area contributed by atoms with Crippen LogP contribution in [0.3, 0.4) is 0 Å². The normalized spacial score (nSPS) is 27.2. The molecular formula is C8H13NO4. The minimum Gasteiger partial charge on any atom is -0.396 e. The average molecular weight is 187 g/mol. The van der Waals surface area contributed by atoms with Gasteiger partial charge in [0.25, 0.3) is 0 Å². The highest BCUT2D eigenvalue weighted by atomic mass is 16.6. The average Bonchev–Trinajstić information content (AvgIpc) is 2.31. The topological polar surface area (TPSA) is 78.8 Å². The van der Waals surface area contributed by atoms with Gasteiger partial charge in [0.15, 0.2) is 6.29 Å². The van der Waals surface area contributed by atoms with E-state index in [1.165, 1.54) is 6.92 Å². The van der Waals surface area contributed by atoms with Gasteiger partial charge in [0, 0.05) is 20.0 Å². The Kier molecular flexibility index (Phi) is 3.41. The predicted octanol–water partition coefficient (Wildman–Crippen LogP) is -0.894. The summed E-state index contributed by atoms with van der Waals surface area (Å²) in [5.41, 5.74) is 0.353. The van der Waals surface area contributed by atoms with Gasteiger partial charge in [0.2, 0.25) is 5.91 Å². The quantitative estimate of drug-likeness (QED) is 0.535. The van der Waals surface area contributed by atoms with Gasteiger partial charge in [-0.05, 0) is 6.08 Å². The van der Waals surface area contributed by atoms with E-state index in [2.05, 4.69) is 5.32 Å². The van der Waals surface area contributed by atoms with Crippen LogP contribution in [0.4, 0.5) is 0 Å². The maximum atomic E-state index is 10.6. The summed E-state index contributed by atoms with van der Waals surface area (Å²) in [5, 5.41) is 20.3. The smallest absolute Gasteiger partial charge is 0.221 e. The minimum atomic E-state index is -1.08. The monoisotopic (exact) mass is 187 g/mol. The lowest BCUT2D eigenvalue weighted by Crippen LogP contribution is -2.26. The van der Waals surface area contributed by atoms with Crippen LogP contribution in [0.15, 0.2) is 11.8 Å². The Hall–Kier alpha value is -0.910. The molecule has 5 heteroatoms. The molecule has 1 aliphatic heterocycles. The van der Waals surface area contributed by atoms with Gasteiger partial charge in [0.1, 0.15) is 0 Å². The third kappa shape index (κ3) is 2.80. The second-order valence-corrected chi connectivity index (χ2v) is 2.84. The molecule has 74 valence electrons. The van der Waals surface area contributed by atoms with Crippen LogP contribution < -0.4 is 5.32 Å². The third-order valence-corrected chi connectivity index (χ3v) is 1.67. The van der Waals surface area contributed by atoms with Crippen molar-refractivity contribution in [2.75, 3.05) is 6.61 Å². The largest absolute Gasteiger partial charge is 0.396 e. The SMILES string of the molecule is CC(=O)NC1=CC(CCO)OC1O. The molecule has 5 nitrogen and oxygen atoms in total. The first-order chi connectivity index (χ1) is 6.13. The molecule has 2 unspecified atom stereocenters. The maximum absolute atomic E-state index is 10.6. The summed E-state index contributed by atoms with van der Waals surface area (Å²) in [4.78, 5) is 10.6. The third-order valence-electron chi connectivity index (χ3n) is 1.67. The van der Waals surface area contributed by atoms with Crippen molar-refractivity contribution < 1.29 is 19.7 Å². The summed E-state index contributed by atoms with van der Waals surface area (Å²) < 4.78 is 5.00. The van der Waals surface area contributed by atoms with Crippen LogP contribution >= 0.6 is 0 Å². The van der Waals surface area contributed by atoms with Gasteiger partial charge in [-0.2, -0.15) is 0 Å². The Bertz CT molecular complexity index is 226. The first-order valence-corrected chi connectivity index (χ1v) is 4.07. The highest BCUT2D eigenvalue weighted by molar-refractivity contribution is 5.75. The fourth-order valence-corrected chi connectivity index (χ4v) is 1.15. The Morgan fingerprint density at radius 2 is 2.46 bits per heavy atom. The molecule has 1 rings (SSSR count). The zero-order valence-electron chi connectivity index (χ0n) is 7.36. The van der Waals surface area contributed by atoms with E-state index in [4.69, 9.17) is 9.84 Å². The molecule has 0 bridgehead atoms. The van der Waals surface area contributed by atoms with Crippen molar-refractivity contribution in [3.8, 4) is 0 Å². The number of hydrogen-bond donors (Lipinski definition) is 3. The number of aliphatic hydroxyl groups is 2. The van der Waals surface area contributed by atoms with Gasteiger partial charge in [-0.1, -0.05) is 0 Å². The molecule has 0 aromatic heterocycles. The van der Waals surface area contributed by atoms with Crippen molar-refractivity contribution in [2.24, 2.45) is 0 Å². The molecule has 1 heterocycles. The molecule has 0 aliphatic carbocycles. The molecule has 0 aromatic carbocycles. The molecule has 2 atom stereocenters. The number of hydrogen-bond acceptors (Lipinski definition) is 4. The molecule has 0 spiro atoms. The maximum Gasteiger partial charge on any atom is 0.221 e. The van der Waals surface area contributed by atoms with Gasteiger partial charge in [-0.3, -0.25) is 4.79 Å². The lowest BCUT2D eigenvalue weighted by molar-refractivity contribution is -0.120. The molecule has 1 aliphatic rings. The molecule has 13 heavy (non-hydrogen) atoms. The van der Waals surface area contributed by atoms with Crippen LogP contribution in [0.25, 0.3) is 0 Å². The van der Waals surface area contributed by atoms with Crippen LogP contribution in [0.2, 0.25) is 0 Å². The van der Waals surface area contributed by atoms with Gasteiger partial charge in [0.05, 0.1) is 11.8 Å². The van der Waals surface area contributed by atoms with Crippen molar-refractivity contribution >= 4 is 5.91 Å². The van der Waals surface area contributed by atoms with Gasteiger partial charge < -0.3 is 20.3 Å². The Morgan fingerprint density at radius 3 is 3.00 bits per heavy atom. The molecule has 3 N–H and O–H groups in total. The van der Waals surface area contributed by atoms with E-state index in [0.717, 1.165) is 0 Å². The number of carbonyl (C=O) groups is 1. The molecule has 0 saturated heterocycles. The number of amides is 1. The summed E-state index contributed by atoms with van der Waals surface area (Å²) in [6, 6.07) is 0. The van der Waals surface area contributed by atoms with E-state index in [0.29, 0.717) is 12.1 Å². The molecule has 0 fully saturated rings. The van der Waals surface area contributed by atoms with Crippen LogP contribution in [0.1, 0.15) is 13.3 Å². The number of nitrogens with one attached hydrogen (secondary N) is 1. The van der Waals surface area contributed by atoms with E-state index in [1.54, 1.807) is 6.08 Å². The Labute approximate surface area is 76.0 Å². The fourth-order valence-electron chi connectivity index (χ4n) is 1.15. The second kappa shape index (κ2) is 4.36. The van der Waals surface area contributed by atoms with E-state index in [-0.39, 0.29) is 18.6 Å². The summed E-state index contributed by atoms with van der Waals surface area (Å²) in [6.45, 7) is 1.34. The Balaban J connectivity index is 2.52. The number of ether oxygens (including phenoxy) is 1. The van der Waals surface area contributed by atoms with Crippen LogP contribution in [0.5, 0.6) is 0 Å². The summed E-state index contributed by atoms with van der Waals surface area (Å²) in [5.74, 6) is -0.251. The molecule has 0 saturated carbocycles. The van der Waals surface area contributed by atoms with E-state index in [9.17, 15) is 9.90 Å². The van der Waals surface area contributed by atoms with E-state index < -0.39 is 6.29 Å². The highest BCUT2D eigenvalue weighted by Crippen LogP contribution is 2.17. The molecule has 1 amide bonds. The van der Waals surface area contributed by atoms with Crippen LogP contribution in [-0.4, -0.2) is 35.1 Å². The van der Waals surface area contributed by atoms with Crippen molar-refractivity contribution in [3.05, 3.63) is 11.8 Å². The zero-order valence-corrected chi connectivity index (χ0v) is 7.36. The van der Waals surface area contributed by atoms with Crippen molar-refractivity contribution in [3.63, 3.8) is 0 Å². The van der Waals surface area contributed by atoms with Crippen molar-refractivity contribution in [2.45, 2.75) is 25.7 Å². The number of aliphatic hydroxyl groups excluding tert-OH is 2. The summed E-state index contributed by atoms with van der Waals surface area (Å²) in [6.07, 6.45) is 0.616. The summed E-state index contributed by atoms with van der Waals surface area (Å²) in [7, 11) is 0. The van der Waals surface area contributed by atoms with E-state index >= 15 is 0 Å². The lowest BCUT2D eigenvalue weighted by atomic mass is 10.2. The zero-order chi connectivity index (χ0) is 9.84. The summed E-state index contributed by atoms with van der Waals surface area (Å²) >= 11 is 0.